The fraction of sp³-hybridized carbons (Fsp3) is 0.308. The number of carbonyl (C=O) groups is 2. The van der Waals surface area contributed by atoms with Crippen molar-refractivity contribution in [3.63, 3.8) is 0 Å². The smallest absolute Gasteiger partial charge is 0.350 e. The Hall–Kier alpha value is -3.26. The molecule has 1 N–H and O–H groups in total. The monoisotopic (exact) mass is 615 g/mol. The summed E-state index contributed by atoms with van der Waals surface area (Å²) in [6, 6.07) is 4.15. The normalized spacial score (nSPS) is 12.8. The van der Waals surface area contributed by atoms with E-state index < -0.39 is 52.3 Å². The number of halogens is 3. The lowest BCUT2D eigenvalue weighted by Crippen LogP contribution is -2.25. The second-order valence-corrected chi connectivity index (χ2v) is 10.1. The van der Waals surface area contributed by atoms with Gasteiger partial charge < -0.3 is 23.2 Å². The summed E-state index contributed by atoms with van der Waals surface area (Å²) >= 11 is 8.14. The van der Waals surface area contributed by atoms with Crippen LogP contribution in [0.4, 0.5) is 8.78 Å². The molecule has 0 saturated carbocycles. The molecule has 2 aromatic heterocycles. The number of allylic oxidation sites excluding steroid dienone is 1. The number of hydrogen-bond donors (Lipinski definition) is 1. The van der Waals surface area contributed by atoms with Crippen molar-refractivity contribution < 1.29 is 41.6 Å². The lowest BCUT2D eigenvalue weighted by atomic mass is 9.94. The SMILES string of the molecule is COC(=O)/C=C/CCCc1cc(O)c(C(=O)C(C)C(OSC)c2sc(Oc3ccc(F)c(F)c3)nc2Cl)c(=O)o1. The summed E-state index contributed by atoms with van der Waals surface area (Å²) < 4.78 is 47.7. The van der Waals surface area contributed by atoms with E-state index in [0.717, 1.165) is 35.5 Å². The van der Waals surface area contributed by atoms with E-state index in [1.807, 2.05) is 0 Å². The Kier molecular flexibility index (Phi) is 11.3. The summed E-state index contributed by atoms with van der Waals surface area (Å²) in [5, 5.41) is 10.4. The number of benzene rings is 1. The average molecular weight is 616 g/mol. The first-order valence-electron chi connectivity index (χ1n) is 11.7. The molecule has 0 aliphatic heterocycles. The molecule has 14 heteroatoms. The van der Waals surface area contributed by atoms with Gasteiger partial charge in [-0.25, -0.2) is 18.4 Å². The van der Waals surface area contributed by atoms with Gasteiger partial charge in [0.25, 0.3) is 5.19 Å². The minimum Gasteiger partial charge on any atom is -0.507 e. The van der Waals surface area contributed by atoms with Crippen molar-refractivity contribution in [2.24, 2.45) is 5.92 Å². The highest BCUT2D eigenvalue weighted by molar-refractivity contribution is 7.93. The molecule has 0 spiro atoms. The standard InChI is InChI=1S/C26H24ClF2NO8S2/c1-13(21(33)20-18(31)12-14(36-25(20)34)7-5-4-6-8-19(32)35-2)22(38-39-3)23-24(27)30-26(40-23)37-15-9-10-16(28)17(29)11-15/h6,8-13,22,31H,4-5,7H2,1-3H3/b8-6+. The lowest BCUT2D eigenvalue weighted by Gasteiger charge is -2.21. The Bertz CT molecular complexity index is 1460. The fourth-order valence-electron chi connectivity index (χ4n) is 3.50. The number of carbonyl (C=O) groups excluding carboxylic acids is 2. The quantitative estimate of drug-likeness (QED) is 0.0755. The molecule has 0 aliphatic carbocycles. The molecular formula is C26H24ClF2NO8S2. The van der Waals surface area contributed by atoms with Gasteiger partial charge in [-0.1, -0.05) is 35.9 Å². The highest BCUT2D eigenvalue weighted by atomic mass is 35.5. The minimum absolute atomic E-state index is 0.0199. The van der Waals surface area contributed by atoms with E-state index in [4.69, 9.17) is 24.9 Å². The maximum atomic E-state index is 13.5. The van der Waals surface area contributed by atoms with Crippen LogP contribution in [0.2, 0.25) is 5.15 Å². The van der Waals surface area contributed by atoms with Crippen LogP contribution in [0.3, 0.4) is 0 Å². The Labute approximate surface area is 240 Å². The Morgan fingerprint density at radius 2 is 2.02 bits per heavy atom. The predicted molar refractivity (Wildman–Crippen MR) is 145 cm³/mol. The third-order valence-corrected chi connectivity index (χ3v) is 7.28. The summed E-state index contributed by atoms with van der Waals surface area (Å²) in [6.07, 6.45) is 4.73. The summed E-state index contributed by atoms with van der Waals surface area (Å²) in [6.45, 7) is 1.48. The number of unbranched alkanes of at least 4 members (excludes halogenated alkanes) is 1. The summed E-state index contributed by atoms with van der Waals surface area (Å²) in [5.74, 6) is -4.84. The third kappa shape index (κ3) is 7.90. The van der Waals surface area contributed by atoms with E-state index in [0.29, 0.717) is 12.8 Å². The van der Waals surface area contributed by atoms with Crippen molar-refractivity contribution in [3.05, 3.63) is 79.8 Å². The molecule has 2 heterocycles. The van der Waals surface area contributed by atoms with Gasteiger partial charge in [-0.3, -0.25) is 4.79 Å². The molecule has 0 bridgehead atoms. The largest absolute Gasteiger partial charge is 0.507 e. The highest BCUT2D eigenvalue weighted by Gasteiger charge is 2.35. The molecule has 9 nitrogen and oxygen atoms in total. The van der Waals surface area contributed by atoms with E-state index in [9.17, 15) is 28.3 Å². The van der Waals surface area contributed by atoms with E-state index >= 15 is 0 Å². The zero-order chi connectivity index (χ0) is 29.4. The number of esters is 1. The molecule has 0 radical (unpaired) electrons. The van der Waals surface area contributed by atoms with E-state index in [2.05, 4.69) is 9.72 Å². The molecule has 1 aromatic carbocycles. The second-order valence-electron chi connectivity index (χ2n) is 8.23. The summed E-state index contributed by atoms with van der Waals surface area (Å²) in [5.41, 5.74) is -1.56. The molecule has 40 heavy (non-hydrogen) atoms. The first-order chi connectivity index (χ1) is 19.0. The van der Waals surface area contributed by atoms with Crippen molar-refractivity contribution in [1.82, 2.24) is 4.98 Å². The second kappa shape index (κ2) is 14.4. The number of ether oxygens (including phenoxy) is 2. The van der Waals surface area contributed by atoms with Gasteiger partial charge in [0, 0.05) is 30.9 Å². The van der Waals surface area contributed by atoms with E-state index in [1.165, 1.54) is 32.2 Å². The van der Waals surface area contributed by atoms with Crippen LogP contribution in [-0.4, -0.2) is 35.2 Å². The molecule has 3 aromatic rings. The number of methoxy groups -OCH3 is 1. The number of aryl methyl sites for hydroxylation is 1. The molecule has 2 atom stereocenters. The molecule has 0 aliphatic rings. The van der Waals surface area contributed by atoms with Crippen molar-refractivity contribution in [2.75, 3.05) is 13.4 Å². The van der Waals surface area contributed by atoms with E-state index in [-0.39, 0.29) is 33.2 Å². The number of rotatable bonds is 13. The van der Waals surface area contributed by atoms with Crippen LogP contribution in [0, 0.1) is 17.6 Å². The molecule has 0 fully saturated rings. The van der Waals surface area contributed by atoms with Gasteiger partial charge in [0.05, 0.1) is 17.9 Å². The van der Waals surface area contributed by atoms with Crippen LogP contribution in [-0.2, 0) is 20.1 Å². The van der Waals surface area contributed by atoms with Crippen LogP contribution in [0.1, 0.15) is 46.9 Å². The van der Waals surface area contributed by atoms with Crippen LogP contribution >= 0.6 is 35.0 Å². The van der Waals surface area contributed by atoms with Gasteiger partial charge >= 0.3 is 11.6 Å². The zero-order valence-corrected chi connectivity index (χ0v) is 23.8. The number of hydrogen-bond acceptors (Lipinski definition) is 11. The minimum atomic E-state index is -1.11. The topological polar surface area (TPSA) is 125 Å². The highest BCUT2D eigenvalue weighted by Crippen LogP contribution is 2.42. The first kappa shape index (κ1) is 31.3. The van der Waals surface area contributed by atoms with Crippen molar-refractivity contribution >= 4 is 46.7 Å². The van der Waals surface area contributed by atoms with Crippen molar-refractivity contribution in [1.29, 1.82) is 0 Å². The Morgan fingerprint density at radius 1 is 1.27 bits per heavy atom. The maximum Gasteiger partial charge on any atom is 0.350 e. The molecular weight excluding hydrogens is 592 g/mol. The van der Waals surface area contributed by atoms with Crippen LogP contribution < -0.4 is 10.4 Å². The molecule has 3 rings (SSSR count). The predicted octanol–water partition coefficient (Wildman–Crippen LogP) is 6.43. The number of aromatic hydroxyl groups is 1. The van der Waals surface area contributed by atoms with Gasteiger partial charge in [0.2, 0.25) is 0 Å². The van der Waals surface area contributed by atoms with Gasteiger partial charge in [-0.15, -0.1) is 0 Å². The van der Waals surface area contributed by atoms with Crippen LogP contribution in [0.15, 0.2) is 45.6 Å². The summed E-state index contributed by atoms with van der Waals surface area (Å²) in [4.78, 5) is 41.5. The average Bonchev–Trinajstić information content (AvgIpc) is 3.27. The molecule has 0 saturated heterocycles. The molecule has 214 valence electrons. The summed E-state index contributed by atoms with van der Waals surface area (Å²) in [7, 11) is 1.26. The number of thiazole rings is 1. The van der Waals surface area contributed by atoms with E-state index in [1.54, 1.807) is 12.3 Å². The lowest BCUT2D eigenvalue weighted by molar-refractivity contribution is -0.134. The number of Topliss-reactive ketones (excluding diaryl/α,β-unsaturated/α-hetero) is 1. The van der Waals surface area contributed by atoms with Crippen LogP contribution in [0.5, 0.6) is 16.7 Å². The van der Waals surface area contributed by atoms with Crippen molar-refractivity contribution in [3.8, 4) is 16.7 Å². The Morgan fingerprint density at radius 3 is 2.67 bits per heavy atom. The van der Waals surface area contributed by atoms with Gasteiger partial charge in [0.15, 0.2) is 17.4 Å². The molecule has 2 unspecified atom stereocenters. The number of ketones is 1. The van der Waals surface area contributed by atoms with Gasteiger partial charge in [0.1, 0.15) is 34.1 Å². The van der Waals surface area contributed by atoms with Gasteiger partial charge in [-0.2, -0.15) is 4.98 Å². The number of aromatic nitrogens is 1. The fourth-order valence-corrected chi connectivity index (χ4v) is 5.34. The molecule has 0 amide bonds. The van der Waals surface area contributed by atoms with Crippen molar-refractivity contribution in [2.45, 2.75) is 32.3 Å². The van der Waals surface area contributed by atoms with Crippen LogP contribution in [0.25, 0.3) is 0 Å². The Balaban J connectivity index is 1.78. The maximum absolute atomic E-state index is 13.5. The zero-order valence-electron chi connectivity index (χ0n) is 21.4. The number of nitrogens with zero attached hydrogens (tertiary/aromatic N) is 1. The third-order valence-electron chi connectivity index (χ3n) is 5.49. The van der Waals surface area contributed by atoms with Gasteiger partial charge in [-0.05, 0) is 37.0 Å². The first-order valence-corrected chi connectivity index (χ1v) is 14.0.